The molecule has 0 aliphatic carbocycles. The molecule has 2 aromatic carbocycles. The van der Waals surface area contributed by atoms with Gasteiger partial charge in [0.05, 0.1) is 18.3 Å². The molecule has 0 radical (unpaired) electrons. The fourth-order valence-electron chi connectivity index (χ4n) is 3.90. The summed E-state index contributed by atoms with van der Waals surface area (Å²) < 4.78 is 4.74. The van der Waals surface area contributed by atoms with Crippen LogP contribution < -0.4 is 4.90 Å². The molecule has 0 amide bonds. The number of ether oxygens (including phenoxy) is 1. The van der Waals surface area contributed by atoms with Crippen LogP contribution in [0.4, 0.5) is 5.69 Å². The highest BCUT2D eigenvalue weighted by Crippen LogP contribution is 2.26. The SMILES string of the molecule is COC(=O)c1ccc(N(C)CC2(O)CCN(CCc3ccc(C)cc3)CC2)cc1. The van der Waals surface area contributed by atoms with Gasteiger partial charge in [-0.3, -0.25) is 0 Å². The van der Waals surface area contributed by atoms with Crippen molar-refractivity contribution in [3.63, 3.8) is 0 Å². The van der Waals surface area contributed by atoms with E-state index in [0.717, 1.165) is 44.6 Å². The number of benzene rings is 2. The van der Waals surface area contributed by atoms with Crippen LogP contribution in [0.3, 0.4) is 0 Å². The van der Waals surface area contributed by atoms with E-state index in [2.05, 4.69) is 41.0 Å². The van der Waals surface area contributed by atoms with E-state index in [0.29, 0.717) is 12.1 Å². The summed E-state index contributed by atoms with van der Waals surface area (Å²) in [6, 6.07) is 16.0. The van der Waals surface area contributed by atoms with Crippen molar-refractivity contribution in [2.75, 3.05) is 45.2 Å². The number of likely N-dealkylation sites (tertiary alicyclic amines) is 1. The molecule has 1 aliphatic heterocycles. The monoisotopic (exact) mass is 396 g/mol. The van der Waals surface area contributed by atoms with Crippen molar-refractivity contribution in [1.29, 1.82) is 0 Å². The van der Waals surface area contributed by atoms with Gasteiger partial charge in [0.25, 0.3) is 0 Å². The number of aryl methyl sites for hydroxylation is 1. The number of likely N-dealkylation sites (N-methyl/N-ethyl adjacent to an activating group) is 1. The van der Waals surface area contributed by atoms with E-state index in [9.17, 15) is 9.90 Å². The molecule has 1 heterocycles. The molecular formula is C24H32N2O3. The maximum atomic E-state index is 11.6. The van der Waals surface area contributed by atoms with Gasteiger partial charge in [-0.25, -0.2) is 4.79 Å². The average molecular weight is 397 g/mol. The van der Waals surface area contributed by atoms with Gasteiger partial charge in [0.2, 0.25) is 0 Å². The van der Waals surface area contributed by atoms with Crippen LogP contribution in [0.15, 0.2) is 48.5 Å². The highest BCUT2D eigenvalue weighted by molar-refractivity contribution is 5.89. The Balaban J connectivity index is 1.48. The van der Waals surface area contributed by atoms with Crippen LogP contribution in [-0.2, 0) is 11.2 Å². The molecule has 3 rings (SSSR count). The maximum absolute atomic E-state index is 11.6. The van der Waals surface area contributed by atoms with Crippen molar-refractivity contribution >= 4 is 11.7 Å². The Kier molecular flexibility index (Phi) is 6.93. The molecule has 1 N–H and O–H groups in total. The standard InChI is InChI=1S/C24H32N2O3/c1-19-4-6-20(7-5-19)12-15-26-16-13-24(28,14-17-26)18-25(2)22-10-8-21(9-11-22)23(27)29-3/h4-11,28H,12-18H2,1-3H3. The number of aliphatic hydroxyl groups is 1. The summed E-state index contributed by atoms with van der Waals surface area (Å²) in [5, 5.41) is 11.1. The number of methoxy groups -OCH3 is 1. The van der Waals surface area contributed by atoms with Crippen molar-refractivity contribution in [3.8, 4) is 0 Å². The van der Waals surface area contributed by atoms with Crippen molar-refractivity contribution in [2.24, 2.45) is 0 Å². The van der Waals surface area contributed by atoms with E-state index in [1.807, 2.05) is 19.2 Å². The molecule has 5 heteroatoms. The minimum atomic E-state index is -0.684. The largest absolute Gasteiger partial charge is 0.465 e. The van der Waals surface area contributed by atoms with Crippen LogP contribution in [0, 0.1) is 6.92 Å². The minimum Gasteiger partial charge on any atom is -0.465 e. The number of carbonyl (C=O) groups excluding carboxylic acids is 1. The van der Waals surface area contributed by atoms with Gasteiger partial charge in [-0.1, -0.05) is 29.8 Å². The van der Waals surface area contributed by atoms with Gasteiger partial charge in [-0.15, -0.1) is 0 Å². The number of esters is 1. The van der Waals surface area contributed by atoms with Gasteiger partial charge in [0, 0.05) is 38.9 Å². The van der Waals surface area contributed by atoms with Crippen LogP contribution >= 0.6 is 0 Å². The summed E-state index contributed by atoms with van der Waals surface area (Å²) in [6.45, 7) is 5.55. The second-order valence-electron chi connectivity index (χ2n) is 8.20. The van der Waals surface area contributed by atoms with Crippen LogP contribution in [0.2, 0.25) is 0 Å². The molecule has 1 fully saturated rings. The Morgan fingerprint density at radius 2 is 1.72 bits per heavy atom. The van der Waals surface area contributed by atoms with Crippen molar-refractivity contribution in [3.05, 3.63) is 65.2 Å². The van der Waals surface area contributed by atoms with Gasteiger partial charge in [-0.05, 0) is 56.0 Å². The summed E-state index contributed by atoms with van der Waals surface area (Å²) in [5.41, 5.74) is 3.49. The van der Waals surface area contributed by atoms with E-state index in [4.69, 9.17) is 4.74 Å². The first-order chi connectivity index (χ1) is 13.9. The van der Waals surface area contributed by atoms with E-state index in [-0.39, 0.29) is 5.97 Å². The smallest absolute Gasteiger partial charge is 0.337 e. The first-order valence-corrected chi connectivity index (χ1v) is 10.3. The van der Waals surface area contributed by atoms with Crippen LogP contribution in [0.1, 0.15) is 34.3 Å². The molecule has 5 nitrogen and oxygen atoms in total. The molecule has 0 unspecified atom stereocenters. The van der Waals surface area contributed by atoms with Crippen molar-refractivity contribution in [2.45, 2.75) is 31.8 Å². The lowest BCUT2D eigenvalue weighted by molar-refractivity contribution is -0.0137. The Morgan fingerprint density at radius 3 is 2.31 bits per heavy atom. The fourth-order valence-corrected chi connectivity index (χ4v) is 3.90. The minimum absolute atomic E-state index is 0.337. The van der Waals surface area contributed by atoms with Crippen molar-refractivity contribution in [1.82, 2.24) is 4.90 Å². The maximum Gasteiger partial charge on any atom is 0.337 e. The number of anilines is 1. The van der Waals surface area contributed by atoms with Gasteiger partial charge in [0.1, 0.15) is 0 Å². The highest BCUT2D eigenvalue weighted by atomic mass is 16.5. The molecule has 2 aromatic rings. The second-order valence-corrected chi connectivity index (χ2v) is 8.20. The number of hydrogen-bond acceptors (Lipinski definition) is 5. The number of rotatable bonds is 7. The molecule has 156 valence electrons. The summed E-state index contributed by atoms with van der Waals surface area (Å²) in [7, 11) is 3.36. The third-order valence-electron chi connectivity index (χ3n) is 5.88. The lowest BCUT2D eigenvalue weighted by Crippen LogP contribution is -2.50. The lowest BCUT2D eigenvalue weighted by Gasteiger charge is -2.40. The molecule has 0 aromatic heterocycles. The summed E-state index contributed by atoms with van der Waals surface area (Å²) in [5.74, 6) is -0.337. The number of nitrogens with zero attached hydrogens (tertiary/aromatic N) is 2. The molecule has 1 saturated heterocycles. The molecule has 0 bridgehead atoms. The first kappa shape index (κ1) is 21.3. The third kappa shape index (κ3) is 5.81. The number of carbonyl (C=O) groups is 1. The topological polar surface area (TPSA) is 53.0 Å². The van der Waals surface area contributed by atoms with Gasteiger partial charge < -0.3 is 19.6 Å². The quantitative estimate of drug-likeness (QED) is 0.728. The van der Waals surface area contributed by atoms with Crippen LogP contribution in [0.25, 0.3) is 0 Å². The van der Waals surface area contributed by atoms with E-state index < -0.39 is 5.60 Å². The van der Waals surface area contributed by atoms with Crippen molar-refractivity contribution < 1.29 is 14.6 Å². The highest BCUT2D eigenvalue weighted by Gasteiger charge is 2.33. The summed E-state index contributed by atoms with van der Waals surface area (Å²) >= 11 is 0. The molecular weight excluding hydrogens is 364 g/mol. The normalized spacial score (nSPS) is 16.4. The molecule has 1 aliphatic rings. The average Bonchev–Trinajstić information content (AvgIpc) is 2.74. The number of hydrogen-bond donors (Lipinski definition) is 1. The van der Waals surface area contributed by atoms with Crippen LogP contribution in [0.5, 0.6) is 0 Å². The third-order valence-corrected chi connectivity index (χ3v) is 5.88. The van der Waals surface area contributed by atoms with E-state index in [1.165, 1.54) is 18.2 Å². The summed E-state index contributed by atoms with van der Waals surface area (Å²) in [4.78, 5) is 16.1. The lowest BCUT2D eigenvalue weighted by atomic mass is 9.90. The Labute approximate surface area is 173 Å². The van der Waals surface area contributed by atoms with Gasteiger partial charge in [0.15, 0.2) is 0 Å². The fraction of sp³-hybridized carbons (Fsp3) is 0.458. The zero-order chi connectivity index (χ0) is 20.9. The molecule has 0 saturated carbocycles. The number of piperidine rings is 1. The predicted octanol–water partition coefficient (Wildman–Crippen LogP) is 3.29. The predicted molar refractivity (Wildman–Crippen MR) is 117 cm³/mol. The molecule has 29 heavy (non-hydrogen) atoms. The zero-order valence-electron chi connectivity index (χ0n) is 17.7. The Bertz CT molecular complexity index is 794. The molecule has 0 spiro atoms. The van der Waals surface area contributed by atoms with E-state index in [1.54, 1.807) is 12.1 Å². The summed E-state index contributed by atoms with van der Waals surface area (Å²) in [6.07, 6.45) is 2.59. The first-order valence-electron chi connectivity index (χ1n) is 10.3. The van der Waals surface area contributed by atoms with Crippen LogP contribution in [-0.4, -0.2) is 61.9 Å². The second kappa shape index (κ2) is 9.42. The van der Waals surface area contributed by atoms with Gasteiger partial charge in [-0.2, -0.15) is 0 Å². The molecule has 0 atom stereocenters. The van der Waals surface area contributed by atoms with Gasteiger partial charge >= 0.3 is 5.97 Å². The zero-order valence-corrected chi connectivity index (χ0v) is 17.7. The Hall–Kier alpha value is -2.37. The van der Waals surface area contributed by atoms with E-state index >= 15 is 0 Å². The Morgan fingerprint density at radius 1 is 1.10 bits per heavy atom.